The molecule has 1 aliphatic carbocycles. The minimum atomic E-state index is -0.685. The summed E-state index contributed by atoms with van der Waals surface area (Å²) in [5, 5.41) is 3.32. The second-order valence-electron chi connectivity index (χ2n) is 8.45. The third-order valence-electron chi connectivity index (χ3n) is 5.75. The first-order valence-electron chi connectivity index (χ1n) is 9.63. The lowest BCUT2D eigenvalue weighted by atomic mass is 9.68. The molecular formula is C22H23ClN2O4. The average molecular weight is 415 g/mol. The number of carbonyl (C=O) groups is 3. The summed E-state index contributed by atoms with van der Waals surface area (Å²) in [4.78, 5) is 40.9. The third kappa shape index (κ3) is 3.25. The first-order valence-corrected chi connectivity index (χ1v) is 10.0. The summed E-state index contributed by atoms with van der Waals surface area (Å²) < 4.78 is 5.05. The molecule has 1 amide bonds. The van der Waals surface area contributed by atoms with Gasteiger partial charge in [-0.3, -0.25) is 9.59 Å². The van der Waals surface area contributed by atoms with Gasteiger partial charge in [0.25, 0.3) is 5.91 Å². The first kappa shape index (κ1) is 19.7. The molecule has 1 atom stereocenters. The number of amides is 1. The fourth-order valence-corrected chi connectivity index (χ4v) is 4.83. The fourth-order valence-electron chi connectivity index (χ4n) is 4.63. The van der Waals surface area contributed by atoms with E-state index in [-0.39, 0.29) is 28.4 Å². The Bertz CT molecular complexity index is 992. The zero-order valence-corrected chi connectivity index (χ0v) is 17.4. The second-order valence-corrected chi connectivity index (χ2v) is 8.89. The number of Topliss-reactive ketones (excluding diaryl/α,β-unsaturated/α-hetero) is 1. The van der Waals surface area contributed by atoms with E-state index in [1.165, 1.54) is 7.11 Å². The summed E-state index contributed by atoms with van der Waals surface area (Å²) in [5.74, 6) is -1.63. The number of fused-ring (bicyclic) bond motifs is 2. The minimum Gasteiger partial charge on any atom is -0.466 e. The number of hydrogen-bond donors (Lipinski definition) is 1. The molecule has 0 aromatic heterocycles. The molecule has 6 nitrogen and oxygen atoms in total. The van der Waals surface area contributed by atoms with Gasteiger partial charge in [-0.05, 0) is 29.5 Å². The van der Waals surface area contributed by atoms with Crippen LogP contribution in [0.5, 0.6) is 0 Å². The van der Waals surface area contributed by atoms with Crippen molar-refractivity contribution in [1.29, 1.82) is 0 Å². The highest BCUT2D eigenvalue weighted by molar-refractivity contribution is 6.30. The molecule has 4 rings (SSSR count). The monoisotopic (exact) mass is 414 g/mol. The highest BCUT2D eigenvalue weighted by atomic mass is 35.5. The van der Waals surface area contributed by atoms with Gasteiger partial charge in [-0.25, -0.2) is 4.79 Å². The molecule has 29 heavy (non-hydrogen) atoms. The van der Waals surface area contributed by atoms with Crippen LogP contribution in [0.25, 0.3) is 0 Å². The Morgan fingerprint density at radius 3 is 2.72 bits per heavy atom. The number of piperazine rings is 1. The highest BCUT2D eigenvalue weighted by Crippen LogP contribution is 2.50. The maximum absolute atomic E-state index is 13.3. The lowest BCUT2D eigenvalue weighted by Crippen LogP contribution is -2.51. The van der Waals surface area contributed by atoms with Crippen molar-refractivity contribution in [2.45, 2.75) is 32.6 Å². The number of esters is 1. The number of nitrogens with zero attached hydrogens (tertiary/aromatic N) is 1. The van der Waals surface area contributed by atoms with E-state index in [1.807, 2.05) is 24.8 Å². The number of halogens is 1. The standard InChI is InChI=1S/C22H23ClN2O4/c1-22(2)10-14-17(15(26)11-22)16(12-5-4-6-13(23)9-12)18(21(28)29-3)19-20(27)24-7-8-25(14)19/h4-6,9,16H,7-8,10-11H2,1-3H3,(H,24,27)/t16-/m1/s1. The maximum atomic E-state index is 13.3. The number of benzene rings is 1. The Labute approximate surface area is 174 Å². The molecule has 1 aromatic carbocycles. The summed E-state index contributed by atoms with van der Waals surface area (Å²) in [6.07, 6.45) is 1.03. The molecule has 0 saturated carbocycles. The lowest BCUT2D eigenvalue weighted by Gasteiger charge is -2.46. The molecule has 1 aromatic rings. The van der Waals surface area contributed by atoms with Gasteiger partial charge in [0, 0.05) is 41.7 Å². The zero-order chi connectivity index (χ0) is 20.9. The molecule has 152 valence electrons. The van der Waals surface area contributed by atoms with Crippen LogP contribution in [0.15, 0.2) is 46.8 Å². The number of hydrogen-bond acceptors (Lipinski definition) is 5. The molecule has 0 bridgehead atoms. The van der Waals surface area contributed by atoms with E-state index in [4.69, 9.17) is 16.3 Å². The summed E-state index contributed by atoms with van der Waals surface area (Å²) in [6.45, 7) is 5.05. The SMILES string of the molecule is COC(=O)C1=C2C(=O)NCCN2C2=C(C(=O)CC(C)(C)C2)[C@H]1c1cccc(Cl)c1. The van der Waals surface area contributed by atoms with Gasteiger partial charge in [-0.1, -0.05) is 37.6 Å². The van der Waals surface area contributed by atoms with E-state index >= 15 is 0 Å². The van der Waals surface area contributed by atoms with E-state index in [1.54, 1.807) is 18.2 Å². The topological polar surface area (TPSA) is 75.7 Å². The number of carbonyl (C=O) groups excluding carboxylic acids is 3. The molecule has 1 fully saturated rings. The van der Waals surface area contributed by atoms with Crippen molar-refractivity contribution in [3.8, 4) is 0 Å². The Morgan fingerprint density at radius 2 is 2.03 bits per heavy atom. The Morgan fingerprint density at radius 1 is 1.28 bits per heavy atom. The molecule has 1 N–H and O–H groups in total. The number of rotatable bonds is 2. The lowest BCUT2D eigenvalue weighted by molar-refractivity contribution is -0.137. The fraction of sp³-hybridized carbons (Fsp3) is 0.409. The summed E-state index contributed by atoms with van der Waals surface area (Å²) in [5.41, 5.74) is 2.34. The minimum absolute atomic E-state index is 0.00680. The van der Waals surface area contributed by atoms with Gasteiger partial charge in [0.15, 0.2) is 5.78 Å². The number of ether oxygens (including phenoxy) is 1. The molecule has 2 heterocycles. The quantitative estimate of drug-likeness (QED) is 0.753. The van der Waals surface area contributed by atoms with Gasteiger partial charge in [0.05, 0.1) is 12.7 Å². The molecule has 3 aliphatic rings. The molecular weight excluding hydrogens is 392 g/mol. The van der Waals surface area contributed by atoms with Crippen molar-refractivity contribution in [2.24, 2.45) is 5.41 Å². The number of allylic oxidation sites excluding steroid dienone is 2. The Kier molecular flexibility index (Phi) is 4.77. The van der Waals surface area contributed by atoms with Crippen molar-refractivity contribution in [2.75, 3.05) is 20.2 Å². The zero-order valence-electron chi connectivity index (χ0n) is 16.7. The van der Waals surface area contributed by atoms with Crippen molar-refractivity contribution in [1.82, 2.24) is 10.2 Å². The maximum Gasteiger partial charge on any atom is 0.337 e. The van der Waals surface area contributed by atoms with Gasteiger partial charge in [-0.2, -0.15) is 0 Å². The van der Waals surface area contributed by atoms with Crippen molar-refractivity contribution < 1.29 is 19.1 Å². The van der Waals surface area contributed by atoms with Gasteiger partial charge in [0.1, 0.15) is 5.70 Å². The predicted octanol–water partition coefficient (Wildman–Crippen LogP) is 2.94. The molecule has 1 saturated heterocycles. The molecule has 0 spiro atoms. The highest BCUT2D eigenvalue weighted by Gasteiger charge is 2.48. The number of ketones is 1. The van der Waals surface area contributed by atoms with Crippen LogP contribution in [0.4, 0.5) is 0 Å². The van der Waals surface area contributed by atoms with E-state index in [0.717, 1.165) is 5.70 Å². The van der Waals surface area contributed by atoms with E-state index in [9.17, 15) is 14.4 Å². The van der Waals surface area contributed by atoms with Crippen molar-refractivity contribution in [3.05, 3.63) is 57.4 Å². The predicted molar refractivity (Wildman–Crippen MR) is 108 cm³/mol. The summed E-state index contributed by atoms with van der Waals surface area (Å²) >= 11 is 6.23. The second kappa shape index (κ2) is 7.02. The molecule has 2 aliphatic heterocycles. The average Bonchev–Trinajstić information content (AvgIpc) is 2.66. The van der Waals surface area contributed by atoms with Crippen LogP contribution in [0.1, 0.15) is 38.2 Å². The van der Waals surface area contributed by atoms with Crippen LogP contribution >= 0.6 is 11.6 Å². The van der Waals surface area contributed by atoms with Crippen LogP contribution in [-0.2, 0) is 19.1 Å². The molecule has 0 unspecified atom stereocenters. The van der Waals surface area contributed by atoms with Crippen LogP contribution in [0.3, 0.4) is 0 Å². The van der Waals surface area contributed by atoms with Crippen molar-refractivity contribution >= 4 is 29.3 Å². The van der Waals surface area contributed by atoms with Crippen LogP contribution < -0.4 is 5.32 Å². The van der Waals surface area contributed by atoms with Gasteiger partial charge in [-0.15, -0.1) is 0 Å². The van der Waals surface area contributed by atoms with Crippen LogP contribution in [-0.4, -0.2) is 42.8 Å². The first-order chi connectivity index (χ1) is 13.7. The van der Waals surface area contributed by atoms with E-state index in [2.05, 4.69) is 5.32 Å². The van der Waals surface area contributed by atoms with Crippen LogP contribution in [0, 0.1) is 5.41 Å². The van der Waals surface area contributed by atoms with Crippen molar-refractivity contribution in [3.63, 3.8) is 0 Å². The molecule has 7 heteroatoms. The third-order valence-corrected chi connectivity index (χ3v) is 5.98. The number of nitrogens with one attached hydrogen (secondary N) is 1. The van der Waals surface area contributed by atoms with Gasteiger partial charge in [0.2, 0.25) is 0 Å². The van der Waals surface area contributed by atoms with Crippen LogP contribution in [0.2, 0.25) is 5.02 Å². The number of methoxy groups -OCH3 is 1. The largest absolute Gasteiger partial charge is 0.466 e. The Balaban J connectivity index is 2.03. The Hall–Kier alpha value is -2.60. The normalized spacial score (nSPS) is 23.4. The van der Waals surface area contributed by atoms with Gasteiger partial charge >= 0.3 is 5.97 Å². The van der Waals surface area contributed by atoms with E-state index < -0.39 is 11.9 Å². The smallest absolute Gasteiger partial charge is 0.337 e. The van der Waals surface area contributed by atoms with Gasteiger partial charge < -0.3 is 15.0 Å². The van der Waals surface area contributed by atoms with E-state index in [0.29, 0.717) is 42.1 Å². The summed E-state index contributed by atoms with van der Waals surface area (Å²) in [7, 11) is 1.28. The molecule has 0 radical (unpaired) electrons. The summed E-state index contributed by atoms with van der Waals surface area (Å²) in [6, 6.07) is 7.08.